The van der Waals surface area contributed by atoms with E-state index in [4.69, 9.17) is 9.26 Å². The molecule has 0 spiro atoms. The minimum Gasteiger partial charge on any atom is -0.489 e. The largest absolute Gasteiger partial charge is 0.489 e. The number of aromatic nitrogens is 3. The summed E-state index contributed by atoms with van der Waals surface area (Å²) >= 11 is 0. The second-order valence-corrected chi connectivity index (χ2v) is 6.54. The first-order chi connectivity index (χ1) is 13.4. The Morgan fingerprint density at radius 1 is 1.36 bits per heavy atom. The van der Waals surface area contributed by atoms with Crippen LogP contribution >= 0.6 is 0 Å². The van der Waals surface area contributed by atoms with Crippen molar-refractivity contribution < 1.29 is 18.4 Å². The number of rotatable bonds is 7. The number of aryl methyl sites for hydroxylation is 2. The average Bonchev–Trinajstić information content (AvgIpc) is 3.22. The first-order valence-electron chi connectivity index (χ1n) is 9.01. The third-order valence-electron chi connectivity index (χ3n) is 4.63. The summed E-state index contributed by atoms with van der Waals surface area (Å²) in [6.45, 7) is 6.93. The first-order valence-corrected chi connectivity index (χ1v) is 9.01. The molecule has 0 aliphatic carbocycles. The van der Waals surface area contributed by atoms with Gasteiger partial charge in [0.2, 0.25) is 0 Å². The topological polar surface area (TPSA) is 73.4 Å². The van der Waals surface area contributed by atoms with Gasteiger partial charge >= 0.3 is 0 Å². The van der Waals surface area contributed by atoms with Crippen LogP contribution in [0, 0.1) is 19.7 Å². The molecule has 0 saturated carbocycles. The van der Waals surface area contributed by atoms with Crippen molar-refractivity contribution in [3.05, 3.63) is 64.6 Å². The van der Waals surface area contributed by atoms with Crippen molar-refractivity contribution in [2.75, 3.05) is 7.05 Å². The molecule has 2 aromatic heterocycles. The molecule has 0 bridgehead atoms. The van der Waals surface area contributed by atoms with Gasteiger partial charge in [-0.1, -0.05) is 11.2 Å². The summed E-state index contributed by atoms with van der Waals surface area (Å²) in [5.41, 5.74) is 2.72. The number of hydrogen-bond donors (Lipinski definition) is 0. The van der Waals surface area contributed by atoms with Gasteiger partial charge in [0.1, 0.15) is 23.9 Å². The molecular formula is C20H23FN4O3. The van der Waals surface area contributed by atoms with E-state index >= 15 is 0 Å². The lowest BCUT2D eigenvalue weighted by Crippen LogP contribution is -2.27. The number of nitrogens with zero attached hydrogens (tertiary/aromatic N) is 4. The Morgan fingerprint density at radius 2 is 2.14 bits per heavy atom. The average molecular weight is 386 g/mol. The smallest absolute Gasteiger partial charge is 0.276 e. The minimum atomic E-state index is -0.390. The van der Waals surface area contributed by atoms with Gasteiger partial charge in [-0.05, 0) is 32.9 Å². The van der Waals surface area contributed by atoms with Crippen LogP contribution in [0.3, 0.4) is 0 Å². The molecule has 148 valence electrons. The quantitative estimate of drug-likeness (QED) is 0.621. The zero-order valence-corrected chi connectivity index (χ0v) is 16.4. The second kappa shape index (κ2) is 8.24. The molecule has 28 heavy (non-hydrogen) atoms. The maximum absolute atomic E-state index is 13.3. The van der Waals surface area contributed by atoms with Crippen LogP contribution in [0.15, 0.2) is 35.0 Å². The molecule has 0 fully saturated rings. The van der Waals surface area contributed by atoms with Crippen LogP contribution in [-0.2, 0) is 19.7 Å². The zero-order valence-electron chi connectivity index (χ0n) is 16.4. The summed E-state index contributed by atoms with van der Waals surface area (Å²) in [6.07, 6.45) is 1.77. The fraction of sp³-hybridized carbons (Fsp3) is 0.350. The van der Waals surface area contributed by atoms with Crippen LogP contribution in [0.2, 0.25) is 0 Å². The van der Waals surface area contributed by atoms with E-state index in [1.54, 1.807) is 37.2 Å². The Morgan fingerprint density at radius 3 is 2.82 bits per heavy atom. The van der Waals surface area contributed by atoms with Crippen LogP contribution in [0.4, 0.5) is 4.39 Å². The van der Waals surface area contributed by atoms with E-state index < -0.39 is 5.82 Å². The molecule has 0 saturated heterocycles. The molecule has 0 N–H and O–H groups in total. The number of halogens is 1. The molecule has 0 unspecified atom stereocenters. The van der Waals surface area contributed by atoms with Crippen molar-refractivity contribution in [3.8, 4) is 5.75 Å². The molecule has 8 heteroatoms. The standard InChI is InChI=1S/C20H23FN4O3/c1-5-25-13(2)15(10-22-25)11-24(4)20(26)19-18(14(3)28-23-19)12-27-17-8-6-7-16(21)9-17/h6-10H,5,11-12H2,1-4H3. The van der Waals surface area contributed by atoms with Crippen molar-refractivity contribution in [2.24, 2.45) is 0 Å². The van der Waals surface area contributed by atoms with Gasteiger partial charge in [0.05, 0.1) is 11.8 Å². The second-order valence-electron chi connectivity index (χ2n) is 6.54. The van der Waals surface area contributed by atoms with Crippen LogP contribution in [0.1, 0.15) is 40.0 Å². The molecule has 3 rings (SSSR count). The molecular weight excluding hydrogens is 363 g/mol. The van der Waals surface area contributed by atoms with Gasteiger partial charge in [0.15, 0.2) is 5.69 Å². The normalized spacial score (nSPS) is 10.9. The van der Waals surface area contributed by atoms with Crippen LogP contribution in [0.5, 0.6) is 5.75 Å². The molecule has 0 radical (unpaired) electrons. The number of carbonyl (C=O) groups excluding carboxylic acids is 1. The maximum Gasteiger partial charge on any atom is 0.276 e. The number of hydrogen-bond acceptors (Lipinski definition) is 5. The lowest BCUT2D eigenvalue weighted by Gasteiger charge is -2.16. The van der Waals surface area contributed by atoms with Crippen LogP contribution < -0.4 is 4.74 Å². The van der Waals surface area contributed by atoms with Crippen molar-refractivity contribution in [2.45, 2.75) is 40.5 Å². The Bertz CT molecular complexity index is 980. The fourth-order valence-electron chi connectivity index (χ4n) is 2.91. The van der Waals surface area contributed by atoms with Crippen molar-refractivity contribution in [1.29, 1.82) is 0 Å². The van der Waals surface area contributed by atoms with E-state index in [-0.39, 0.29) is 18.2 Å². The molecule has 2 heterocycles. The van der Waals surface area contributed by atoms with Gasteiger partial charge in [0, 0.05) is 37.5 Å². The molecule has 3 aromatic rings. The van der Waals surface area contributed by atoms with Gasteiger partial charge in [-0.25, -0.2) is 4.39 Å². The van der Waals surface area contributed by atoms with E-state index in [1.807, 2.05) is 18.5 Å². The third-order valence-corrected chi connectivity index (χ3v) is 4.63. The summed E-state index contributed by atoms with van der Waals surface area (Å²) in [4.78, 5) is 14.5. The van der Waals surface area contributed by atoms with E-state index in [9.17, 15) is 9.18 Å². The van der Waals surface area contributed by atoms with E-state index in [0.29, 0.717) is 23.6 Å². The number of ether oxygens (including phenoxy) is 1. The van der Waals surface area contributed by atoms with E-state index in [1.165, 1.54) is 12.1 Å². The Kier molecular flexibility index (Phi) is 5.77. The van der Waals surface area contributed by atoms with Crippen molar-refractivity contribution >= 4 is 5.91 Å². The van der Waals surface area contributed by atoms with Crippen LogP contribution in [0.25, 0.3) is 0 Å². The number of amides is 1. The molecule has 0 aliphatic heterocycles. The highest BCUT2D eigenvalue weighted by Gasteiger charge is 2.24. The predicted molar refractivity (Wildman–Crippen MR) is 100 cm³/mol. The van der Waals surface area contributed by atoms with Crippen LogP contribution in [-0.4, -0.2) is 32.8 Å². The van der Waals surface area contributed by atoms with Gasteiger partial charge in [-0.15, -0.1) is 0 Å². The molecule has 1 aromatic carbocycles. The third kappa shape index (κ3) is 4.05. The Hall–Kier alpha value is -3.16. The molecule has 1 amide bonds. The number of benzene rings is 1. The zero-order chi connectivity index (χ0) is 20.3. The highest BCUT2D eigenvalue weighted by Crippen LogP contribution is 2.20. The highest BCUT2D eigenvalue weighted by atomic mass is 19.1. The van der Waals surface area contributed by atoms with Crippen molar-refractivity contribution in [3.63, 3.8) is 0 Å². The lowest BCUT2D eigenvalue weighted by molar-refractivity contribution is 0.0772. The summed E-state index contributed by atoms with van der Waals surface area (Å²) in [5.74, 6) is 0.190. The van der Waals surface area contributed by atoms with E-state index in [2.05, 4.69) is 10.3 Å². The summed E-state index contributed by atoms with van der Waals surface area (Å²) in [6, 6.07) is 5.83. The van der Waals surface area contributed by atoms with Gasteiger partial charge in [0.25, 0.3) is 5.91 Å². The monoisotopic (exact) mass is 386 g/mol. The molecule has 0 atom stereocenters. The van der Waals surface area contributed by atoms with Gasteiger partial charge in [-0.2, -0.15) is 5.10 Å². The maximum atomic E-state index is 13.3. The SMILES string of the molecule is CCn1ncc(CN(C)C(=O)c2noc(C)c2COc2cccc(F)c2)c1C. The first kappa shape index (κ1) is 19.6. The molecule has 0 aliphatic rings. The van der Waals surface area contributed by atoms with Gasteiger partial charge < -0.3 is 14.2 Å². The lowest BCUT2D eigenvalue weighted by atomic mass is 10.1. The molecule has 7 nitrogen and oxygen atoms in total. The summed E-state index contributed by atoms with van der Waals surface area (Å²) in [5, 5.41) is 8.22. The fourth-order valence-corrected chi connectivity index (χ4v) is 2.91. The minimum absolute atomic E-state index is 0.0560. The Balaban J connectivity index is 1.73. The van der Waals surface area contributed by atoms with Gasteiger partial charge in [-0.3, -0.25) is 9.48 Å². The highest BCUT2D eigenvalue weighted by molar-refractivity contribution is 5.93. The predicted octanol–water partition coefficient (Wildman–Crippen LogP) is 3.50. The van der Waals surface area contributed by atoms with Crippen molar-refractivity contribution in [1.82, 2.24) is 19.8 Å². The summed E-state index contributed by atoms with van der Waals surface area (Å²) in [7, 11) is 1.70. The van der Waals surface area contributed by atoms with E-state index in [0.717, 1.165) is 17.8 Å². The summed E-state index contributed by atoms with van der Waals surface area (Å²) < 4.78 is 26.0. The Labute approximate surface area is 162 Å². The number of carbonyl (C=O) groups is 1.